The first-order valence-corrected chi connectivity index (χ1v) is 9.21. The molecule has 0 radical (unpaired) electrons. The van der Waals surface area contributed by atoms with Gasteiger partial charge in [-0.15, -0.1) is 0 Å². The zero-order chi connectivity index (χ0) is 19.0. The number of nitrogens with zero attached hydrogens (tertiary/aromatic N) is 2. The molecule has 0 amide bonds. The molecule has 8 heteroatoms. The van der Waals surface area contributed by atoms with Crippen LogP contribution in [-0.2, 0) is 6.54 Å². The molecule has 2 aliphatic heterocycles. The van der Waals surface area contributed by atoms with Gasteiger partial charge in [0.15, 0.2) is 5.11 Å². The Hall–Kier alpha value is -2.48. The van der Waals surface area contributed by atoms with Gasteiger partial charge in [0.25, 0.3) is 5.56 Å². The van der Waals surface area contributed by atoms with E-state index in [-0.39, 0.29) is 17.2 Å². The third-order valence-corrected chi connectivity index (χ3v) is 5.46. The van der Waals surface area contributed by atoms with Gasteiger partial charge in [0.1, 0.15) is 5.75 Å². The molecule has 0 spiro atoms. The van der Waals surface area contributed by atoms with Crippen LogP contribution in [0, 0.1) is 5.92 Å². The molecular weight excluding hydrogens is 372 g/mol. The van der Waals surface area contributed by atoms with Crippen molar-refractivity contribution in [3.8, 4) is 5.75 Å². The second kappa shape index (κ2) is 7.26. The number of pyridine rings is 1. The van der Waals surface area contributed by atoms with Crippen molar-refractivity contribution in [3.63, 3.8) is 0 Å². The van der Waals surface area contributed by atoms with Crippen LogP contribution in [0.2, 0.25) is 0 Å². The summed E-state index contributed by atoms with van der Waals surface area (Å²) in [5.41, 5.74) is 1.84. The molecule has 1 fully saturated rings. The highest BCUT2D eigenvalue weighted by molar-refractivity contribution is 7.80. The molecule has 1 aromatic carbocycles. The van der Waals surface area contributed by atoms with Gasteiger partial charge in [0.2, 0.25) is 0 Å². The molecule has 2 atom stereocenters. The van der Waals surface area contributed by atoms with Crippen LogP contribution in [0.3, 0.4) is 0 Å². The third kappa shape index (κ3) is 3.80. The topological polar surface area (TPSA) is 46.5 Å². The van der Waals surface area contributed by atoms with E-state index in [1.165, 1.54) is 12.1 Å². The first-order valence-electron chi connectivity index (χ1n) is 8.80. The Bertz CT molecular complexity index is 901. The summed E-state index contributed by atoms with van der Waals surface area (Å²) in [5, 5.41) is 3.76. The fraction of sp³-hybridized carbons (Fsp3) is 0.368. The lowest BCUT2D eigenvalue weighted by Gasteiger charge is -2.43. The van der Waals surface area contributed by atoms with E-state index in [0.29, 0.717) is 23.3 Å². The average Bonchev–Trinajstić information content (AvgIpc) is 2.64. The van der Waals surface area contributed by atoms with Crippen LogP contribution in [0.25, 0.3) is 0 Å². The van der Waals surface area contributed by atoms with Gasteiger partial charge < -0.3 is 19.5 Å². The Balaban J connectivity index is 1.44. The summed E-state index contributed by atoms with van der Waals surface area (Å²) < 4.78 is 30.7. The molecule has 5 nitrogen and oxygen atoms in total. The van der Waals surface area contributed by atoms with Crippen LogP contribution in [0.5, 0.6) is 5.75 Å². The van der Waals surface area contributed by atoms with Crippen molar-refractivity contribution < 1.29 is 13.5 Å². The number of anilines is 1. The van der Waals surface area contributed by atoms with Crippen molar-refractivity contribution in [1.82, 2.24) is 9.47 Å². The van der Waals surface area contributed by atoms with Crippen LogP contribution in [0.4, 0.5) is 14.5 Å². The predicted molar refractivity (Wildman–Crippen MR) is 102 cm³/mol. The van der Waals surface area contributed by atoms with Crippen molar-refractivity contribution in [2.45, 2.75) is 25.5 Å². The minimum atomic E-state index is -2.84. The van der Waals surface area contributed by atoms with Gasteiger partial charge >= 0.3 is 6.61 Å². The molecule has 2 aromatic rings. The van der Waals surface area contributed by atoms with Crippen LogP contribution >= 0.6 is 12.2 Å². The van der Waals surface area contributed by atoms with Crippen molar-refractivity contribution in [2.75, 3.05) is 18.4 Å². The van der Waals surface area contributed by atoms with Crippen LogP contribution in [0.15, 0.2) is 47.3 Å². The molecule has 1 saturated heterocycles. The number of halogens is 2. The molecule has 1 aromatic heterocycles. The molecule has 2 aliphatic rings. The number of thiocarbonyl (C=S) groups is 1. The van der Waals surface area contributed by atoms with Crippen molar-refractivity contribution >= 4 is 23.0 Å². The Kier molecular flexibility index (Phi) is 4.82. The second-order valence-corrected chi connectivity index (χ2v) is 7.32. The Morgan fingerprint density at radius 2 is 1.93 bits per heavy atom. The van der Waals surface area contributed by atoms with E-state index in [1.807, 2.05) is 16.7 Å². The number of hydrogen-bond donors (Lipinski definition) is 1. The second-order valence-electron chi connectivity index (χ2n) is 6.94. The van der Waals surface area contributed by atoms with E-state index in [4.69, 9.17) is 12.2 Å². The number of aromatic nitrogens is 1. The molecule has 27 heavy (non-hydrogen) atoms. The first kappa shape index (κ1) is 17.9. The molecule has 0 aliphatic carbocycles. The predicted octanol–water partition coefficient (Wildman–Crippen LogP) is 3.27. The number of hydrogen-bond acceptors (Lipinski definition) is 3. The van der Waals surface area contributed by atoms with E-state index in [9.17, 15) is 13.6 Å². The summed E-state index contributed by atoms with van der Waals surface area (Å²) in [7, 11) is 0. The van der Waals surface area contributed by atoms with Crippen LogP contribution in [-0.4, -0.2) is 34.3 Å². The van der Waals surface area contributed by atoms with Gasteiger partial charge in [-0.1, -0.05) is 6.07 Å². The van der Waals surface area contributed by atoms with E-state index in [2.05, 4.69) is 15.0 Å². The summed E-state index contributed by atoms with van der Waals surface area (Å²) in [4.78, 5) is 14.2. The Labute approximate surface area is 160 Å². The molecule has 3 heterocycles. The molecule has 4 rings (SSSR count). The molecule has 142 valence electrons. The molecule has 2 bridgehead atoms. The van der Waals surface area contributed by atoms with Gasteiger partial charge in [-0.2, -0.15) is 8.78 Å². The van der Waals surface area contributed by atoms with Gasteiger partial charge in [0.05, 0.1) is 0 Å². The van der Waals surface area contributed by atoms with E-state index >= 15 is 0 Å². The highest BCUT2D eigenvalue weighted by Gasteiger charge is 2.35. The zero-order valence-corrected chi connectivity index (χ0v) is 15.3. The number of piperidine rings is 1. The Morgan fingerprint density at radius 1 is 1.15 bits per heavy atom. The minimum Gasteiger partial charge on any atom is -0.435 e. The lowest BCUT2D eigenvalue weighted by atomic mass is 9.83. The maximum Gasteiger partial charge on any atom is 0.387 e. The molecule has 1 N–H and O–H groups in total. The lowest BCUT2D eigenvalue weighted by Crippen LogP contribution is -2.50. The SMILES string of the molecule is O=c1cccc2n1CC1CC2CN(C(=S)Nc2ccc(OC(F)F)cc2)C1. The zero-order valence-electron chi connectivity index (χ0n) is 14.5. The number of likely N-dealkylation sites (tertiary alicyclic amines) is 1. The van der Waals surface area contributed by atoms with Crippen LogP contribution in [0.1, 0.15) is 18.0 Å². The van der Waals surface area contributed by atoms with Crippen LogP contribution < -0.4 is 15.6 Å². The summed E-state index contributed by atoms with van der Waals surface area (Å²) in [5.74, 6) is 0.752. The Morgan fingerprint density at radius 3 is 2.67 bits per heavy atom. The quantitative estimate of drug-likeness (QED) is 0.814. The summed E-state index contributed by atoms with van der Waals surface area (Å²) in [6, 6.07) is 11.7. The van der Waals surface area contributed by atoms with E-state index in [1.54, 1.807) is 18.2 Å². The lowest BCUT2D eigenvalue weighted by molar-refractivity contribution is -0.0498. The summed E-state index contributed by atoms with van der Waals surface area (Å²) in [6.07, 6.45) is 1.06. The largest absolute Gasteiger partial charge is 0.435 e. The van der Waals surface area contributed by atoms with Gasteiger partial charge in [-0.3, -0.25) is 4.79 Å². The first-order chi connectivity index (χ1) is 13.0. The average molecular weight is 391 g/mol. The minimum absolute atomic E-state index is 0.0578. The molecule has 0 saturated carbocycles. The normalized spacial score (nSPS) is 20.9. The highest BCUT2D eigenvalue weighted by Crippen LogP contribution is 2.35. The number of nitrogens with one attached hydrogen (secondary N) is 1. The van der Waals surface area contributed by atoms with E-state index in [0.717, 1.165) is 25.2 Å². The maximum atomic E-state index is 12.2. The van der Waals surface area contributed by atoms with Gasteiger partial charge in [0, 0.05) is 43.0 Å². The summed E-state index contributed by atoms with van der Waals surface area (Å²) >= 11 is 5.56. The smallest absolute Gasteiger partial charge is 0.387 e. The van der Waals surface area contributed by atoms with Crippen molar-refractivity contribution in [3.05, 3.63) is 58.5 Å². The summed E-state index contributed by atoms with van der Waals surface area (Å²) in [6.45, 7) is -0.591. The number of rotatable bonds is 3. The fourth-order valence-electron chi connectivity index (χ4n) is 3.98. The molecule has 2 unspecified atom stereocenters. The molecular formula is C19H19F2N3O2S. The van der Waals surface area contributed by atoms with Gasteiger partial charge in [-0.25, -0.2) is 0 Å². The van der Waals surface area contributed by atoms with Crippen molar-refractivity contribution in [2.24, 2.45) is 5.92 Å². The van der Waals surface area contributed by atoms with E-state index < -0.39 is 6.61 Å². The maximum absolute atomic E-state index is 12.2. The monoisotopic (exact) mass is 391 g/mol. The standard InChI is InChI=1S/C19H19F2N3O2S/c20-18(21)26-15-6-4-14(5-7-15)22-19(27)23-9-12-8-13(11-23)16-2-1-3-17(25)24(16)10-12/h1-7,12-13,18H,8-11H2,(H,22,27). The number of fused-ring (bicyclic) bond motifs is 4. The number of alkyl halides is 2. The fourth-order valence-corrected chi connectivity index (χ4v) is 4.25. The highest BCUT2D eigenvalue weighted by atomic mass is 32.1. The number of benzene rings is 1. The third-order valence-electron chi connectivity index (χ3n) is 5.10. The number of ether oxygens (including phenoxy) is 1. The van der Waals surface area contributed by atoms with Crippen molar-refractivity contribution in [1.29, 1.82) is 0 Å². The van der Waals surface area contributed by atoms with Gasteiger partial charge in [-0.05, 0) is 54.9 Å².